The highest BCUT2D eigenvalue weighted by atomic mass is 127. The molecule has 2 aromatic carbocycles. The molecule has 0 atom stereocenters. The second-order valence-electron chi connectivity index (χ2n) is 4.71. The molecule has 0 spiro atoms. The van der Waals surface area contributed by atoms with Gasteiger partial charge in [0.25, 0.3) is 5.69 Å². The molecule has 0 fully saturated rings. The molecule has 3 rings (SSSR count). The van der Waals surface area contributed by atoms with Crippen molar-refractivity contribution >= 4 is 51.0 Å². The van der Waals surface area contributed by atoms with Crippen LogP contribution in [0.4, 0.5) is 10.8 Å². The highest BCUT2D eigenvalue weighted by molar-refractivity contribution is 14.1. The molecule has 0 bridgehead atoms. The summed E-state index contributed by atoms with van der Waals surface area (Å²) in [5.41, 5.74) is 5.53. The molecule has 0 radical (unpaired) electrons. The van der Waals surface area contributed by atoms with Crippen molar-refractivity contribution in [2.75, 3.05) is 5.43 Å². The normalized spacial score (nSPS) is 10.9. The summed E-state index contributed by atoms with van der Waals surface area (Å²) in [6, 6.07) is 14.8. The summed E-state index contributed by atoms with van der Waals surface area (Å²) in [7, 11) is 0. The Morgan fingerprint density at radius 1 is 1.21 bits per heavy atom. The van der Waals surface area contributed by atoms with Crippen LogP contribution < -0.4 is 5.43 Å². The molecule has 24 heavy (non-hydrogen) atoms. The Balaban J connectivity index is 1.73. The fraction of sp³-hybridized carbons (Fsp3) is 0. The first kappa shape index (κ1) is 16.5. The van der Waals surface area contributed by atoms with Gasteiger partial charge in [-0.3, -0.25) is 15.5 Å². The molecule has 1 N–H and O–H groups in total. The van der Waals surface area contributed by atoms with Crippen molar-refractivity contribution < 1.29 is 4.92 Å². The number of benzene rings is 2. The number of nitrogens with zero attached hydrogens (tertiary/aromatic N) is 3. The number of rotatable bonds is 5. The number of hydrazone groups is 1. The number of anilines is 1. The smallest absolute Gasteiger partial charge is 0.258 e. The van der Waals surface area contributed by atoms with Crippen molar-refractivity contribution in [2.45, 2.75) is 0 Å². The van der Waals surface area contributed by atoms with Crippen LogP contribution in [0.2, 0.25) is 0 Å². The monoisotopic (exact) mass is 450 g/mol. The van der Waals surface area contributed by atoms with Crippen molar-refractivity contribution in [3.63, 3.8) is 0 Å². The number of hydrogen-bond acceptors (Lipinski definition) is 6. The Labute approximate surface area is 155 Å². The SMILES string of the molecule is O=[N+]([O-])c1cccc(C=NNc2nc(-c3ccccc3)cs2)c1I. The third-order valence-corrected chi connectivity index (χ3v) is 5.06. The second-order valence-corrected chi connectivity index (χ2v) is 6.65. The number of nitrogens with one attached hydrogen (secondary N) is 1. The Morgan fingerprint density at radius 3 is 2.75 bits per heavy atom. The van der Waals surface area contributed by atoms with E-state index in [2.05, 4.69) is 15.5 Å². The van der Waals surface area contributed by atoms with E-state index in [0.717, 1.165) is 11.3 Å². The van der Waals surface area contributed by atoms with Crippen molar-refractivity contribution in [1.82, 2.24) is 4.98 Å². The lowest BCUT2D eigenvalue weighted by Gasteiger charge is -1.99. The number of halogens is 1. The fourth-order valence-electron chi connectivity index (χ4n) is 2.00. The van der Waals surface area contributed by atoms with Gasteiger partial charge in [-0.1, -0.05) is 42.5 Å². The molecule has 3 aromatic rings. The molecule has 1 aromatic heterocycles. The van der Waals surface area contributed by atoms with Gasteiger partial charge in [-0.2, -0.15) is 5.10 Å². The summed E-state index contributed by atoms with van der Waals surface area (Å²) in [6.07, 6.45) is 1.55. The largest absolute Gasteiger partial charge is 0.283 e. The molecule has 8 heteroatoms. The van der Waals surface area contributed by atoms with E-state index in [1.165, 1.54) is 17.4 Å². The first-order chi connectivity index (χ1) is 11.6. The van der Waals surface area contributed by atoms with Crippen LogP contribution in [-0.4, -0.2) is 16.1 Å². The minimum atomic E-state index is -0.403. The van der Waals surface area contributed by atoms with Gasteiger partial charge in [0.2, 0.25) is 5.13 Å². The molecular formula is C16H11IN4O2S. The highest BCUT2D eigenvalue weighted by Gasteiger charge is 2.13. The highest BCUT2D eigenvalue weighted by Crippen LogP contribution is 2.25. The van der Waals surface area contributed by atoms with Gasteiger partial charge < -0.3 is 0 Å². The summed E-state index contributed by atoms with van der Waals surface area (Å²) < 4.78 is 0.551. The van der Waals surface area contributed by atoms with E-state index in [-0.39, 0.29) is 5.69 Å². The molecule has 6 nitrogen and oxygen atoms in total. The maximum absolute atomic E-state index is 10.9. The van der Waals surface area contributed by atoms with Crippen LogP contribution in [0.15, 0.2) is 59.0 Å². The molecule has 0 amide bonds. The van der Waals surface area contributed by atoms with Gasteiger partial charge in [0.1, 0.15) is 0 Å². The molecule has 0 aliphatic rings. The molecular weight excluding hydrogens is 439 g/mol. The van der Waals surface area contributed by atoms with E-state index < -0.39 is 4.92 Å². The maximum Gasteiger partial charge on any atom is 0.283 e. The van der Waals surface area contributed by atoms with Crippen LogP contribution in [0.3, 0.4) is 0 Å². The van der Waals surface area contributed by atoms with Crippen molar-refractivity contribution in [3.05, 3.63) is 73.2 Å². The lowest BCUT2D eigenvalue weighted by atomic mass is 10.2. The summed E-state index contributed by atoms with van der Waals surface area (Å²) in [5, 5.41) is 17.7. The third kappa shape index (κ3) is 3.77. The Kier molecular flexibility index (Phi) is 5.16. The van der Waals surface area contributed by atoms with Gasteiger partial charge in [-0.15, -0.1) is 11.3 Å². The zero-order chi connectivity index (χ0) is 16.9. The van der Waals surface area contributed by atoms with Crippen LogP contribution in [0, 0.1) is 13.7 Å². The molecule has 0 saturated carbocycles. The first-order valence-corrected chi connectivity index (χ1v) is 8.84. The van der Waals surface area contributed by atoms with Crippen molar-refractivity contribution in [1.29, 1.82) is 0 Å². The Morgan fingerprint density at radius 2 is 2.00 bits per heavy atom. The van der Waals surface area contributed by atoms with E-state index in [1.807, 2.05) is 58.3 Å². The van der Waals surface area contributed by atoms with E-state index in [0.29, 0.717) is 14.3 Å². The standard InChI is InChI=1S/C16H11IN4O2S/c17-15-12(7-4-8-14(15)21(22)23)9-18-20-16-19-13(10-24-16)11-5-2-1-3-6-11/h1-10H,(H,19,20). The zero-order valence-electron chi connectivity index (χ0n) is 12.2. The second kappa shape index (κ2) is 7.49. The Hall–Kier alpha value is -2.33. The minimum Gasteiger partial charge on any atom is -0.258 e. The molecule has 0 aliphatic heterocycles. The van der Waals surface area contributed by atoms with E-state index in [1.54, 1.807) is 18.3 Å². The summed E-state index contributed by atoms with van der Waals surface area (Å²) in [5.74, 6) is 0. The van der Waals surface area contributed by atoms with Gasteiger partial charge >= 0.3 is 0 Å². The van der Waals surface area contributed by atoms with Gasteiger partial charge in [-0.25, -0.2) is 4.98 Å². The van der Waals surface area contributed by atoms with Crippen LogP contribution in [0.25, 0.3) is 11.3 Å². The average molecular weight is 450 g/mol. The lowest BCUT2D eigenvalue weighted by Crippen LogP contribution is -1.97. The molecule has 120 valence electrons. The van der Waals surface area contributed by atoms with E-state index >= 15 is 0 Å². The minimum absolute atomic E-state index is 0.0696. The topological polar surface area (TPSA) is 80.4 Å². The molecule has 0 unspecified atom stereocenters. The number of nitro groups is 1. The van der Waals surface area contributed by atoms with E-state index in [4.69, 9.17) is 0 Å². The molecule has 1 heterocycles. The molecule has 0 aliphatic carbocycles. The maximum atomic E-state index is 10.9. The van der Waals surface area contributed by atoms with Crippen molar-refractivity contribution in [3.8, 4) is 11.3 Å². The van der Waals surface area contributed by atoms with Gasteiger partial charge in [0, 0.05) is 22.6 Å². The quantitative estimate of drug-likeness (QED) is 0.263. The number of hydrogen-bond donors (Lipinski definition) is 1. The first-order valence-electron chi connectivity index (χ1n) is 6.88. The predicted octanol–water partition coefficient (Wildman–Crippen LogP) is 4.77. The number of nitro benzene ring substituents is 1. The predicted molar refractivity (Wildman–Crippen MR) is 105 cm³/mol. The number of aromatic nitrogens is 1. The average Bonchev–Trinajstić information content (AvgIpc) is 3.06. The molecule has 0 saturated heterocycles. The summed E-state index contributed by atoms with van der Waals surface area (Å²) in [6.45, 7) is 0. The van der Waals surface area contributed by atoms with Gasteiger partial charge in [0.15, 0.2) is 0 Å². The van der Waals surface area contributed by atoms with Crippen LogP contribution in [0.1, 0.15) is 5.56 Å². The van der Waals surface area contributed by atoms with Crippen LogP contribution in [-0.2, 0) is 0 Å². The van der Waals surface area contributed by atoms with Crippen LogP contribution in [0.5, 0.6) is 0 Å². The van der Waals surface area contributed by atoms with Gasteiger partial charge in [0.05, 0.1) is 20.4 Å². The fourth-order valence-corrected chi connectivity index (χ4v) is 3.37. The summed E-state index contributed by atoms with van der Waals surface area (Å²) in [4.78, 5) is 15.0. The number of thiazole rings is 1. The van der Waals surface area contributed by atoms with Crippen LogP contribution >= 0.6 is 33.9 Å². The lowest BCUT2D eigenvalue weighted by molar-refractivity contribution is -0.385. The zero-order valence-corrected chi connectivity index (χ0v) is 15.2. The summed E-state index contributed by atoms with van der Waals surface area (Å²) >= 11 is 3.39. The Bertz CT molecular complexity index is 896. The van der Waals surface area contributed by atoms with Crippen molar-refractivity contribution in [2.24, 2.45) is 5.10 Å². The van der Waals surface area contributed by atoms with E-state index in [9.17, 15) is 10.1 Å². The van der Waals surface area contributed by atoms with Gasteiger partial charge in [-0.05, 0) is 22.6 Å². The third-order valence-electron chi connectivity index (χ3n) is 3.14.